The number of aliphatic hydroxyl groups excluding tert-OH is 1. The summed E-state index contributed by atoms with van der Waals surface area (Å²) in [6, 6.07) is 16.6. The zero-order valence-electron chi connectivity index (χ0n) is 10.2. The molecule has 1 atom stereocenters. The Kier molecular flexibility index (Phi) is 3.69. The Labute approximate surface area is 124 Å². The minimum atomic E-state index is -0.449. The molecular weight excluding hydrogens is 320 g/mol. The van der Waals surface area contributed by atoms with Crippen LogP contribution in [-0.4, -0.2) is 5.11 Å². The second-order valence-electron chi connectivity index (χ2n) is 4.53. The smallest absolute Gasteiger partial charge is 0.0933 e. The van der Waals surface area contributed by atoms with Gasteiger partial charge >= 0.3 is 0 Å². The van der Waals surface area contributed by atoms with Gasteiger partial charge in [-0.25, -0.2) is 0 Å². The first-order chi connectivity index (χ1) is 9.24. The van der Waals surface area contributed by atoms with E-state index in [1.165, 1.54) is 10.8 Å². The van der Waals surface area contributed by atoms with Crippen molar-refractivity contribution in [2.75, 3.05) is 0 Å². The highest BCUT2D eigenvalue weighted by Crippen LogP contribution is 2.31. The van der Waals surface area contributed by atoms with Crippen LogP contribution in [0.3, 0.4) is 0 Å². The lowest BCUT2D eigenvalue weighted by atomic mass is 10.0. The molecule has 0 aliphatic rings. The highest BCUT2D eigenvalue weighted by atomic mass is 79.9. The third-order valence-electron chi connectivity index (χ3n) is 3.19. The molecule has 3 rings (SSSR count). The molecule has 0 saturated carbocycles. The van der Waals surface area contributed by atoms with Crippen molar-refractivity contribution in [1.29, 1.82) is 0 Å². The van der Waals surface area contributed by atoms with Gasteiger partial charge in [-0.2, -0.15) is 0 Å². The maximum Gasteiger partial charge on any atom is 0.0933 e. The molecule has 1 nitrogen and oxygen atoms in total. The van der Waals surface area contributed by atoms with Gasteiger partial charge in [0.2, 0.25) is 0 Å². The summed E-state index contributed by atoms with van der Waals surface area (Å²) in [6.45, 7) is 0. The summed E-state index contributed by atoms with van der Waals surface area (Å²) < 4.78 is 0.991. The summed E-state index contributed by atoms with van der Waals surface area (Å²) in [6.07, 6.45) is 0.194. The van der Waals surface area contributed by atoms with E-state index in [0.717, 1.165) is 14.9 Å². The third-order valence-corrected chi connectivity index (χ3v) is 5.16. The number of benzene rings is 2. The topological polar surface area (TPSA) is 20.2 Å². The first-order valence-electron chi connectivity index (χ1n) is 6.12. The van der Waals surface area contributed by atoms with Crippen molar-refractivity contribution in [3.8, 4) is 0 Å². The van der Waals surface area contributed by atoms with Gasteiger partial charge in [-0.15, -0.1) is 11.3 Å². The van der Waals surface area contributed by atoms with Gasteiger partial charge in [-0.1, -0.05) is 42.5 Å². The van der Waals surface area contributed by atoms with Gasteiger partial charge in [-0.05, 0) is 43.7 Å². The van der Waals surface area contributed by atoms with E-state index in [1.54, 1.807) is 11.3 Å². The van der Waals surface area contributed by atoms with Crippen LogP contribution < -0.4 is 0 Å². The van der Waals surface area contributed by atoms with Crippen LogP contribution in [0.5, 0.6) is 0 Å². The van der Waals surface area contributed by atoms with Crippen LogP contribution in [0, 0.1) is 0 Å². The third kappa shape index (κ3) is 2.73. The van der Waals surface area contributed by atoms with Gasteiger partial charge in [0.05, 0.1) is 6.10 Å². The summed E-state index contributed by atoms with van der Waals surface area (Å²) in [5, 5.41) is 14.7. The summed E-state index contributed by atoms with van der Waals surface area (Å²) in [5.74, 6) is 0. The van der Waals surface area contributed by atoms with E-state index in [2.05, 4.69) is 46.3 Å². The van der Waals surface area contributed by atoms with Gasteiger partial charge in [0.25, 0.3) is 0 Å². The molecule has 0 aliphatic carbocycles. The van der Waals surface area contributed by atoms with Crippen LogP contribution in [0.15, 0.2) is 58.4 Å². The highest BCUT2D eigenvalue weighted by molar-refractivity contribution is 9.10. The van der Waals surface area contributed by atoms with E-state index >= 15 is 0 Å². The average molecular weight is 333 g/mol. The number of fused-ring (bicyclic) bond motifs is 1. The van der Waals surface area contributed by atoms with E-state index in [4.69, 9.17) is 0 Å². The lowest BCUT2D eigenvalue weighted by Crippen LogP contribution is -2.00. The molecule has 1 N–H and O–H groups in total. The number of halogens is 1. The Morgan fingerprint density at radius 2 is 1.84 bits per heavy atom. The molecule has 1 heterocycles. The van der Waals surface area contributed by atoms with E-state index in [1.807, 2.05) is 23.6 Å². The van der Waals surface area contributed by atoms with Crippen molar-refractivity contribution in [1.82, 2.24) is 0 Å². The molecule has 3 aromatic rings. The monoisotopic (exact) mass is 332 g/mol. The molecule has 96 valence electrons. The molecule has 0 radical (unpaired) electrons. The molecule has 0 spiro atoms. The number of hydrogen-bond acceptors (Lipinski definition) is 2. The van der Waals surface area contributed by atoms with Crippen molar-refractivity contribution < 1.29 is 5.11 Å². The lowest BCUT2D eigenvalue weighted by Gasteiger charge is -2.10. The Hall–Kier alpha value is -1.16. The van der Waals surface area contributed by atoms with Crippen molar-refractivity contribution in [2.45, 2.75) is 12.5 Å². The second kappa shape index (κ2) is 5.45. The van der Waals surface area contributed by atoms with E-state index in [-0.39, 0.29) is 0 Å². The predicted molar refractivity (Wildman–Crippen MR) is 84.6 cm³/mol. The van der Waals surface area contributed by atoms with Gasteiger partial charge in [0.15, 0.2) is 0 Å². The fourth-order valence-electron chi connectivity index (χ4n) is 2.22. The number of thiophene rings is 1. The first kappa shape index (κ1) is 12.9. The van der Waals surface area contributed by atoms with E-state index in [0.29, 0.717) is 6.42 Å². The quantitative estimate of drug-likeness (QED) is 0.720. The first-order valence-corrected chi connectivity index (χ1v) is 7.80. The van der Waals surface area contributed by atoms with Gasteiger partial charge < -0.3 is 5.11 Å². The van der Waals surface area contributed by atoms with E-state index in [9.17, 15) is 5.11 Å². The molecule has 0 bridgehead atoms. The largest absolute Gasteiger partial charge is 0.387 e. The summed E-state index contributed by atoms with van der Waals surface area (Å²) in [7, 11) is 0. The molecule has 2 aromatic carbocycles. The fourth-order valence-corrected chi connectivity index (χ4v) is 3.85. The van der Waals surface area contributed by atoms with Gasteiger partial charge in [0, 0.05) is 15.8 Å². The molecule has 0 amide bonds. The summed E-state index contributed by atoms with van der Waals surface area (Å²) >= 11 is 5.05. The van der Waals surface area contributed by atoms with Crippen molar-refractivity contribution in [3.05, 3.63) is 68.8 Å². The van der Waals surface area contributed by atoms with Crippen molar-refractivity contribution in [2.24, 2.45) is 0 Å². The maximum absolute atomic E-state index is 10.3. The molecule has 0 aliphatic heterocycles. The molecule has 0 saturated heterocycles. The van der Waals surface area contributed by atoms with Gasteiger partial charge in [0.1, 0.15) is 0 Å². The molecule has 19 heavy (non-hydrogen) atoms. The van der Waals surface area contributed by atoms with Crippen LogP contribution in [-0.2, 0) is 6.42 Å². The Morgan fingerprint density at radius 3 is 2.58 bits per heavy atom. The predicted octanol–water partition coefficient (Wildman–Crippen LogP) is 4.94. The summed E-state index contributed by atoms with van der Waals surface area (Å²) in [4.78, 5) is 0.994. The number of rotatable bonds is 3. The maximum atomic E-state index is 10.3. The second-order valence-corrected chi connectivity index (χ2v) is 6.34. The van der Waals surface area contributed by atoms with Crippen LogP contribution >= 0.6 is 27.3 Å². The standard InChI is InChI=1S/C16H13BrOS/c17-14-7-8-19-16(14)15(18)10-11-5-6-12-3-1-2-4-13(12)9-11/h1-9,15,18H,10H2. The van der Waals surface area contributed by atoms with Crippen LogP contribution in [0.25, 0.3) is 10.8 Å². The number of hydrogen-bond donors (Lipinski definition) is 1. The minimum absolute atomic E-state index is 0.449. The number of aliphatic hydroxyl groups is 1. The molecule has 1 unspecified atom stereocenters. The van der Waals surface area contributed by atoms with Crippen LogP contribution in [0.4, 0.5) is 0 Å². The zero-order chi connectivity index (χ0) is 13.2. The van der Waals surface area contributed by atoms with Crippen LogP contribution in [0.2, 0.25) is 0 Å². The zero-order valence-corrected chi connectivity index (χ0v) is 12.6. The van der Waals surface area contributed by atoms with Crippen LogP contribution in [0.1, 0.15) is 16.5 Å². The normalized spacial score (nSPS) is 12.7. The lowest BCUT2D eigenvalue weighted by molar-refractivity contribution is 0.181. The molecule has 0 fully saturated rings. The highest BCUT2D eigenvalue weighted by Gasteiger charge is 2.13. The van der Waals surface area contributed by atoms with Crippen molar-refractivity contribution >= 4 is 38.0 Å². The Bertz CT molecular complexity index is 705. The molecule has 3 heteroatoms. The molecule has 1 aromatic heterocycles. The molecular formula is C16H13BrOS. The van der Waals surface area contributed by atoms with E-state index < -0.39 is 6.10 Å². The Morgan fingerprint density at radius 1 is 1.05 bits per heavy atom. The minimum Gasteiger partial charge on any atom is -0.387 e. The van der Waals surface area contributed by atoms with Crippen molar-refractivity contribution in [3.63, 3.8) is 0 Å². The fraction of sp³-hybridized carbons (Fsp3) is 0.125. The van der Waals surface area contributed by atoms with Gasteiger partial charge in [-0.3, -0.25) is 0 Å². The average Bonchev–Trinajstić information content (AvgIpc) is 2.85. The summed E-state index contributed by atoms with van der Waals surface area (Å²) in [5.41, 5.74) is 1.16. The Balaban J connectivity index is 1.87. The SMILES string of the molecule is OC(Cc1ccc2ccccc2c1)c1sccc1Br.